The molecule has 116 valence electrons. The molecule has 1 heterocycles. The molecular weight excluding hydrogens is 268 g/mol. The first-order valence-corrected chi connectivity index (χ1v) is 8.33. The van der Waals surface area contributed by atoms with Gasteiger partial charge >= 0.3 is 0 Å². The van der Waals surface area contributed by atoms with Crippen LogP contribution in [-0.2, 0) is 0 Å². The summed E-state index contributed by atoms with van der Waals surface area (Å²) in [5, 5.41) is 0. The first-order chi connectivity index (χ1) is 10.8. The summed E-state index contributed by atoms with van der Waals surface area (Å²) in [5.41, 5.74) is 2.85. The fourth-order valence-electron chi connectivity index (χ4n) is 3.40. The van der Waals surface area contributed by atoms with Crippen LogP contribution >= 0.6 is 0 Å². The van der Waals surface area contributed by atoms with E-state index < -0.39 is 0 Å². The highest BCUT2D eigenvalue weighted by Crippen LogP contribution is 2.25. The number of nitrogens with zero attached hydrogens (tertiary/aromatic N) is 2. The maximum Gasteiger partial charge on any atom is 0.0320 e. The normalized spacial score (nSPS) is 19.7. The van der Waals surface area contributed by atoms with Crippen molar-refractivity contribution in [2.45, 2.75) is 25.9 Å². The van der Waals surface area contributed by atoms with Crippen molar-refractivity contribution in [3.63, 3.8) is 0 Å². The maximum atomic E-state index is 2.60. The molecule has 0 saturated carbocycles. The SMILES string of the molecule is C[C@@H](c1ccccc1)N1CCN([C@@H](C)c2ccccc2)CC1. The Kier molecular flexibility index (Phi) is 4.91. The monoisotopic (exact) mass is 294 g/mol. The van der Waals surface area contributed by atoms with Gasteiger partial charge in [-0.15, -0.1) is 0 Å². The summed E-state index contributed by atoms with van der Waals surface area (Å²) in [6.45, 7) is 9.23. The molecule has 1 aliphatic rings. The van der Waals surface area contributed by atoms with Crippen molar-refractivity contribution < 1.29 is 0 Å². The third-order valence-corrected chi connectivity index (χ3v) is 5.01. The minimum absolute atomic E-state index is 0.510. The summed E-state index contributed by atoms with van der Waals surface area (Å²) in [6, 6.07) is 22.7. The Labute approximate surface area is 134 Å². The van der Waals surface area contributed by atoms with Crippen molar-refractivity contribution >= 4 is 0 Å². The summed E-state index contributed by atoms with van der Waals surface area (Å²) in [4.78, 5) is 5.20. The Balaban J connectivity index is 1.58. The predicted molar refractivity (Wildman–Crippen MR) is 92.9 cm³/mol. The van der Waals surface area contributed by atoms with Crippen LogP contribution in [0.2, 0.25) is 0 Å². The molecule has 2 atom stereocenters. The molecule has 0 spiro atoms. The molecule has 0 radical (unpaired) electrons. The van der Waals surface area contributed by atoms with Gasteiger partial charge in [0.2, 0.25) is 0 Å². The lowest BCUT2D eigenvalue weighted by atomic mass is 10.0. The molecule has 2 nitrogen and oxygen atoms in total. The maximum absolute atomic E-state index is 2.60. The van der Waals surface area contributed by atoms with E-state index in [1.165, 1.54) is 11.1 Å². The van der Waals surface area contributed by atoms with Gasteiger partial charge in [0.1, 0.15) is 0 Å². The highest BCUT2D eigenvalue weighted by Gasteiger charge is 2.25. The Morgan fingerprint density at radius 2 is 0.909 bits per heavy atom. The number of piperazine rings is 1. The summed E-state index contributed by atoms with van der Waals surface area (Å²) in [6.07, 6.45) is 0. The van der Waals surface area contributed by atoms with Crippen molar-refractivity contribution in [3.8, 4) is 0 Å². The van der Waals surface area contributed by atoms with Gasteiger partial charge in [0.25, 0.3) is 0 Å². The zero-order valence-electron chi connectivity index (χ0n) is 13.7. The van der Waals surface area contributed by atoms with E-state index in [0.717, 1.165) is 26.2 Å². The first-order valence-electron chi connectivity index (χ1n) is 8.33. The average molecular weight is 294 g/mol. The van der Waals surface area contributed by atoms with Crippen LogP contribution in [0, 0.1) is 0 Å². The molecule has 3 rings (SSSR count). The van der Waals surface area contributed by atoms with Crippen LogP contribution in [0.25, 0.3) is 0 Å². The standard InChI is InChI=1S/C20H26N2/c1-17(19-9-5-3-6-10-19)21-13-15-22(16-14-21)18(2)20-11-7-4-8-12-20/h3-12,17-18H,13-16H2,1-2H3/t17-,18-/m0/s1. The fraction of sp³-hybridized carbons (Fsp3) is 0.400. The van der Waals surface area contributed by atoms with E-state index in [0.29, 0.717) is 12.1 Å². The molecule has 2 heteroatoms. The van der Waals surface area contributed by atoms with Gasteiger partial charge in [0.15, 0.2) is 0 Å². The molecule has 2 aromatic carbocycles. The van der Waals surface area contributed by atoms with Crippen LogP contribution in [-0.4, -0.2) is 36.0 Å². The summed E-state index contributed by atoms with van der Waals surface area (Å²) in [7, 11) is 0. The third kappa shape index (κ3) is 3.40. The summed E-state index contributed by atoms with van der Waals surface area (Å²) < 4.78 is 0. The first kappa shape index (κ1) is 15.3. The molecule has 0 aromatic heterocycles. The van der Waals surface area contributed by atoms with Crippen molar-refractivity contribution in [3.05, 3.63) is 71.8 Å². The lowest BCUT2D eigenvalue weighted by molar-refractivity contribution is 0.0783. The van der Waals surface area contributed by atoms with Gasteiger partial charge in [-0.3, -0.25) is 9.80 Å². The van der Waals surface area contributed by atoms with Crippen LogP contribution in [0.4, 0.5) is 0 Å². The van der Waals surface area contributed by atoms with Crippen LogP contribution in [0.5, 0.6) is 0 Å². The lowest BCUT2D eigenvalue weighted by Crippen LogP contribution is -2.47. The Hall–Kier alpha value is -1.64. The highest BCUT2D eigenvalue weighted by molar-refractivity contribution is 5.20. The molecule has 2 aromatic rings. The van der Waals surface area contributed by atoms with E-state index in [1.807, 2.05) is 0 Å². The van der Waals surface area contributed by atoms with Crippen LogP contribution in [0.1, 0.15) is 37.1 Å². The molecular formula is C20H26N2. The molecule has 0 amide bonds. The zero-order valence-corrected chi connectivity index (χ0v) is 13.7. The molecule has 1 fully saturated rings. The molecule has 0 N–H and O–H groups in total. The van der Waals surface area contributed by atoms with Crippen molar-refractivity contribution in [2.75, 3.05) is 26.2 Å². The van der Waals surface area contributed by atoms with Crippen molar-refractivity contribution in [2.24, 2.45) is 0 Å². The number of benzene rings is 2. The largest absolute Gasteiger partial charge is 0.294 e. The van der Waals surface area contributed by atoms with E-state index in [9.17, 15) is 0 Å². The van der Waals surface area contributed by atoms with Gasteiger partial charge in [-0.1, -0.05) is 60.7 Å². The smallest absolute Gasteiger partial charge is 0.0320 e. The fourth-order valence-corrected chi connectivity index (χ4v) is 3.40. The number of hydrogen-bond acceptors (Lipinski definition) is 2. The second-order valence-corrected chi connectivity index (χ2v) is 6.25. The zero-order chi connectivity index (χ0) is 15.4. The van der Waals surface area contributed by atoms with Crippen LogP contribution in [0.3, 0.4) is 0 Å². The van der Waals surface area contributed by atoms with Crippen LogP contribution < -0.4 is 0 Å². The van der Waals surface area contributed by atoms with E-state index in [-0.39, 0.29) is 0 Å². The second-order valence-electron chi connectivity index (χ2n) is 6.25. The van der Waals surface area contributed by atoms with E-state index in [4.69, 9.17) is 0 Å². The highest BCUT2D eigenvalue weighted by atomic mass is 15.3. The molecule has 1 saturated heterocycles. The third-order valence-electron chi connectivity index (χ3n) is 5.01. The Morgan fingerprint density at radius 3 is 1.23 bits per heavy atom. The number of hydrogen-bond donors (Lipinski definition) is 0. The molecule has 22 heavy (non-hydrogen) atoms. The van der Waals surface area contributed by atoms with E-state index in [2.05, 4.69) is 84.3 Å². The minimum Gasteiger partial charge on any atom is -0.294 e. The van der Waals surface area contributed by atoms with Crippen LogP contribution in [0.15, 0.2) is 60.7 Å². The van der Waals surface area contributed by atoms with Crippen molar-refractivity contribution in [1.82, 2.24) is 9.80 Å². The quantitative estimate of drug-likeness (QED) is 0.836. The molecule has 0 aliphatic carbocycles. The molecule has 0 unspecified atom stereocenters. The van der Waals surface area contributed by atoms with Gasteiger partial charge < -0.3 is 0 Å². The predicted octanol–water partition coefficient (Wildman–Crippen LogP) is 4.13. The Bertz CT molecular complexity index is 505. The minimum atomic E-state index is 0.510. The van der Waals surface area contributed by atoms with E-state index in [1.54, 1.807) is 0 Å². The average Bonchev–Trinajstić information content (AvgIpc) is 2.62. The van der Waals surface area contributed by atoms with Gasteiger partial charge in [0, 0.05) is 38.3 Å². The summed E-state index contributed by atoms with van der Waals surface area (Å²) in [5.74, 6) is 0. The van der Waals surface area contributed by atoms with Gasteiger partial charge in [-0.25, -0.2) is 0 Å². The topological polar surface area (TPSA) is 6.48 Å². The van der Waals surface area contributed by atoms with E-state index >= 15 is 0 Å². The van der Waals surface area contributed by atoms with Crippen molar-refractivity contribution in [1.29, 1.82) is 0 Å². The summed E-state index contributed by atoms with van der Waals surface area (Å²) >= 11 is 0. The Morgan fingerprint density at radius 1 is 0.591 bits per heavy atom. The molecule has 1 aliphatic heterocycles. The second kappa shape index (κ2) is 7.08. The lowest BCUT2D eigenvalue weighted by Gasteiger charge is -2.40. The van der Waals surface area contributed by atoms with Gasteiger partial charge in [-0.05, 0) is 25.0 Å². The van der Waals surface area contributed by atoms with Gasteiger partial charge in [0.05, 0.1) is 0 Å². The molecule has 0 bridgehead atoms. The van der Waals surface area contributed by atoms with Gasteiger partial charge in [-0.2, -0.15) is 0 Å². The number of rotatable bonds is 4.